The maximum atomic E-state index is 5.74. The van der Waals surface area contributed by atoms with E-state index in [4.69, 9.17) is 4.74 Å². The summed E-state index contributed by atoms with van der Waals surface area (Å²) in [7, 11) is 1.76. The summed E-state index contributed by atoms with van der Waals surface area (Å²) < 4.78 is 8.20. The molecule has 39 heavy (non-hydrogen) atoms. The topological polar surface area (TPSA) is 20.6 Å². The van der Waals surface area contributed by atoms with Gasteiger partial charge in [0.1, 0.15) is 5.75 Å². The van der Waals surface area contributed by atoms with Gasteiger partial charge in [0.05, 0.1) is 7.11 Å². The predicted octanol–water partition coefficient (Wildman–Crippen LogP) is 8.47. The third-order valence-electron chi connectivity index (χ3n) is 8.59. The monoisotopic (exact) mass is 525 g/mol. The van der Waals surface area contributed by atoms with Crippen molar-refractivity contribution in [3.63, 3.8) is 0 Å². The van der Waals surface area contributed by atoms with Crippen LogP contribution in [0.15, 0.2) is 54.6 Å². The largest absolute Gasteiger partial charge is 0.497 e. The number of nitrogens with zero attached hydrogens (tertiary/aromatic N) is 3. The van der Waals surface area contributed by atoms with Crippen molar-refractivity contribution < 1.29 is 4.74 Å². The van der Waals surface area contributed by atoms with Crippen LogP contribution in [0.4, 0.5) is 11.4 Å². The Bertz CT molecular complexity index is 1360. The summed E-state index contributed by atoms with van der Waals surface area (Å²) in [5.41, 5.74) is 11.9. The smallest absolute Gasteiger partial charge is 0.119 e. The Hall–Kier alpha value is -3.40. The van der Waals surface area contributed by atoms with Crippen molar-refractivity contribution in [2.45, 2.75) is 67.9 Å². The minimum absolute atomic E-state index is 0.0958. The molecule has 0 bridgehead atoms. The van der Waals surface area contributed by atoms with Crippen LogP contribution in [-0.2, 0) is 6.54 Å². The highest BCUT2D eigenvalue weighted by Crippen LogP contribution is 2.44. The molecule has 0 aliphatic rings. The van der Waals surface area contributed by atoms with Gasteiger partial charge in [-0.2, -0.15) is 0 Å². The van der Waals surface area contributed by atoms with Gasteiger partial charge in [-0.05, 0) is 126 Å². The van der Waals surface area contributed by atoms with Gasteiger partial charge in [-0.3, -0.25) is 0 Å². The molecule has 4 nitrogen and oxygen atoms in total. The number of rotatable bonds is 11. The Balaban J connectivity index is 2.12. The lowest BCUT2D eigenvalue weighted by Crippen LogP contribution is -2.23. The number of hydrogen-bond donors (Lipinski definition) is 0. The number of hydrogen-bond acceptors (Lipinski definition) is 3. The summed E-state index contributed by atoms with van der Waals surface area (Å²) in [6.07, 6.45) is 0. The van der Waals surface area contributed by atoms with E-state index < -0.39 is 0 Å². The Morgan fingerprint density at radius 1 is 0.692 bits per heavy atom. The second-order valence-electron chi connectivity index (χ2n) is 10.5. The normalized spacial score (nSPS) is 11.4. The highest BCUT2D eigenvalue weighted by Gasteiger charge is 2.28. The van der Waals surface area contributed by atoms with E-state index in [-0.39, 0.29) is 5.92 Å². The van der Waals surface area contributed by atoms with Crippen LogP contribution in [0.3, 0.4) is 0 Å². The van der Waals surface area contributed by atoms with E-state index in [0.717, 1.165) is 38.5 Å². The third-order valence-corrected chi connectivity index (χ3v) is 8.59. The van der Waals surface area contributed by atoms with Crippen molar-refractivity contribution in [1.29, 1.82) is 0 Å². The third kappa shape index (κ3) is 5.26. The first-order chi connectivity index (χ1) is 18.8. The Morgan fingerprint density at radius 3 is 1.64 bits per heavy atom. The van der Waals surface area contributed by atoms with Crippen molar-refractivity contribution >= 4 is 22.3 Å². The van der Waals surface area contributed by atoms with Gasteiger partial charge in [0.2, 0.25) is 0 Å². The Kier molecular flexibility index (Phi) is 8.94. The zero-order chi connectivity index (χ0) is 28.3. The van der Waals surface area contributed by atoms with Crippen LogP contribution in [0, 0.1) is 20.8 Å². The molecule has 0 aliphatic carbocycles. The first-order valence-corrected chi connectivity index (χ1v) is 14.7. The van der Waals surface area contributed by atoms with Crippen LogP contribution in [0.25, 0.3) is 10.9 Å². The molecule has 0 fully saturated rings. The first-order valence-electron chi connectivity index (χ1n) is 14.7. The molecule has 0 N–H and O–H groups in total. The number of benzene rings is 3. The van der Waals surface area contributed by atoms with Gasteiger partial charge in [-0.15, -0.1) is 0 Å². The van der Waals surface area contributed by atoms with Crippen LogP contribution in [0.1, 0.15) is 74.0 Å². The van der Waals surface area contributed by atoms with Gasteiger partial charge < -0.3 is 19.1 Å². The zero-order valence-corrected chi connectivity index (χ0v) is 25.6. The van der Waals surface area contributed by atoms with Gasteiger partial charge in [0.15, 0.2) is 0 Å². The number of ether oxygens (including phenoxy) is 1. The van der Waals surface area contributed by atoms with Crippen LogP contribution in [0.2, 0.25) is 0 Å². The van der Waals surface area contributed by atoms with E-state index in [1.165, 1.54) is 55.8 Å². The van der Waals surface area contributed by atoms with Crippen molar-refractivity contribution in [2.24, 2.45) is 0 Å². The predicted molar refractivity (Wildman–Crippen MR) is 169 cm³/mol. The van der Waals surface area contributed by atoms with E-state index in [0.29, 0.717) is 0 Å². The van der Waals surface area contributed by atoms with Gasteiger partial charge >= 0.3 is 0 Å². The SMILES string of the molecule is CCN(CC)c1ccc(C)c(C(c2cc(N(CC)CC)ccc2C)c2c(C)n(CC)c3ccc(OC)cc23)c1. The summed E-state index contributed by atoms with van der Waals surface area (Å²) >= 11 is 0. The Labute approximate surface area is 236 Å². The molecule has 0 saturated carbocycles. The van der Waals surface area contributed by atoms with E-state index in [1.54, 1.807) is 7.11 Å². The molecule has 0 aliphatic heterocycles. The highest BCUT2D eigenvalue weighted by molar-refractivity contribution is 5.89. The van der Waals surface area contributed by atoms with E-state index >= 15 is 0 Å². The molecular formula is C35H47N3O. The molecule has 4 aromatic rings. The summed E-state index contributed by atoms with van der Waals surface area (Å²) in [5, 5.41) is 1.28. The number of aryl methyl sites for hydroxylation is 3. The lowest BCUT2D eigenvalue weighted by Gasteiger charge is -2.29. The summed E-state index contributed by atoms with van der Waals surface area (Å²) in [6, 6.07) is 20.7. The molecular weight excluding hydrogens is 478 g/mol. The number of fused-ring (bicyclic) bond motifs is 1. The fraction of sp³-hybridized carbons (Fsp3) is 0.429. The fourth-order valence-corrected chi connectivity index (χ4v) is 6.31. The molecule has 0 spiro atoms. The molecule has 1 heterocycles. The summed E-state index contributed by atoms with van der Waals surface area (Å²) in [4.78, 5) is 4.90. The molecule has 0 amide bonds. The van der Waals surface area contributed by atoms with Crippen LogP contribution < -0.4 is 14.5 Å². The molecule has 4 heteroatoms. The second kappa shape index (κ2) is 12.2. The quantitative estimate of drug-likeness (QED) is 0.196. The lowest BCUT2D eigenvalue weighted by atomic mass is 9.79. The molecule has 208 valence electrons. The molecule has 1 aromatic heterocycles. The highest BCUT2D eigenvalue weighted by atomic mass is 16.5. The standard InChI is InChI=1S/C35H47N3O/c1-10-36(11-2)27-17-15-24(6)30(21-27)35(31-22-28(18-16-25(31)7)37(12-3)13-4)34-26(8)38(14-5)33-20-19-29(39-9)23-32(33)34/h15-23,35H,10-14H2,1-9H3. The van der Waals surface area contributed by atoms with Gasteiger partial charge in [-0.1, -0.05) is 12.1 Å². The van der Waals surface area contributed by atoms with Crippen molar-refractivity contribution in [3.05, 3.63) is 88.1 Å². The molecule has 0 atom stereocenters. The molecule has 4 rings (SSSR count). The number of aromatic nitrogens is 1. The van der Waals surface area contributed by atoms with Crippen LogP contribution >= 0.6 is 0 Å². The molecule has 0 saturated heterocycles. The Morgan fingerprint density at radius 2 is 1.21 bits per heavy atom. The van der Waals surface area contributed by atoms with Crippen LogP contribution in [-0.4, -0.2) is 37.9 Å². The van der Waals surface area contributed by atoms with E-state index in [1.807, 2.05) is 0 Å². The minimum atomic E-state index is 0.0958. The van der Waals surface area contributed by atoms with Gasteiger partial charge in [0.25, 0.3) is 0 Å². The summed E-state index contributed by atoms with van der Waals surface area (Å²) in [6.45, 7) is 22.9. The average molecular weight is 526 g/mol. The maximum Gasteiger partial charge on any atom is 0.119 e. The van der Waals surface area contributed by atoms with E-state index in [2.05, 4.69) is 124 Å². The van der Waals surface area contributed by atoms with Gasteiger partial charge in [-0.25, -0.2) is 0 Å². The number of methoxy groups -OCH3 is 1. The van der Waals surface area contributed by atoms with Gasteiger partial charge in [0, 0.05) is 66.6 Å². The van der Waals surface area contributed by atoms with Crippen molar-refractivity contribution in [3.8, 4) is 5.75 Å². The average Bonchev–Trinajstić information content (AvgIpc) is 3.23. The van der Waals surface area contributed by atoms with E-state index in [9.17, 15) is 0 Å². The first kappa shape index (κ1) is 28.6. The maximum absolute atomic E-state index is 5.74. The second-order valence-corrected chi connectivity index (χ2v) is 10.5. The van der Waals surface area contributed by atoms with Crippen molar-refractivity contribution in [2.75, 3.05) is 43.1 Å². The van der Waals surface area contributed by atoms with Crippen molar-refractivity contribution in [1.82, 2.24) is 4.57 Å². The molecule has 3 aromatic carbocycles. The van der Waals surface area contributed by atoms with Crippen LogP contribution in [0.5, 0.6) is 5.75 Å². The number of anilines is 2. The fourth-order valence-electron chi connectivity index (χ4n) is 6.31. The lowest BCUT2D eigenvalue weighted by molar-refractivity contribution is 0.415. The minimum Gasteiger partial charge on any atom is -0.497 e. The molecule has 0 unspecified atom stereocenters. The molecule has 0 radical (unpaired) electrons. The zero-order valence-electron chi connectivity index (χ0n) is 25.6. The summed E-state index contributed by atoms with van der Waals surface area (Å²) in [5.74, 6) is 0.997.